The van der Waals surface area contributed by atoms with Crippen molar-refractivity contribution in [1.82, 2.24) is 5.32 Å². The van der Waals surface area contributed by atoms with Gasteiger partial charge in [-0.3, -0.25) is 4.79 Å². The summed E-state index contributed by atoms with van der Waals surface area (Å²) >= 11 is 11.9. The standard InChI is InChI=1S/C13H17Cl2NO2/c1-8(12(17)16-13(2,3)4)18-10-7-5-6-9(14)11(10)15/h5-8H,1-4H3,(H,16,17). The predicted molar refractivity (Wildman–Crippen MR) is 74.4 cm³/mol. The minimum atomic E-state index is -0.639. The normalized spacial score (nSPS) is 13.0. The molecule has 3 nitrogen and oxygen atoms in total. The van der Waals surface area contributed by atoms with Crippen LogP contribution in [-0.2, 0) is 4.79 Å². The molecule has 1 aromatic carbocycles. The second kappa shape index (κ2) is 5.81. The molecule has 5 heteroatoms. The number of rotatable bonds is 3. The van der Waals surface area contributed by atoms with Gasteiger partial charge in [0.15, 0.2) is 6.10 Å². The molecule has 0 saturated heterocycles. The van der Waals surface area contributed by atoms with Gasteiger partial charge in [0.1, 0.15) is 10.8 Å². The second-order valence-electron chi connectivity index (χ2n) is 5.05. The first-order valence-corrected chi connectivity index (χ1v) is 6.39. The van der Waals surface area contributed by atoms with Crippen molar-refractivity contribution in [2.75, 3.05) is 0 Å². The van der Waals surface area contributed by atoms with Crippen LogP contribution in [0.3, 0.4) is 0 Å². The van der Waals surface area contributed by atoms with Crippen molar-refractivity contribution in [3.63, 3.8) is 0 Å². The molecule has 0 aromatic heterocycles. The first-order chi connectivity index (χ1) is 8.20. The van der Waals surface area contributed by atoms with Gasteiger partial charge >= 0.3 is 0 Å². The second-order valence-corrected chi connectivity index (χ2v) is 5.84. The van der Waals surface area contributed by atoms with Crippen LogP contribution in [0.5, 0.6) is 5.75 Å². The van der Waals surface area contributed by atoms with Gasteiger partial charge in [-0.05, 0) is 39.8 Å². The van der Waals surface area contributed by atoms with Crippen LogP contribution in [0.4, 0.5) is 0 Å². The van der Waals surface area contributed by atoms with E-state index >= 15 is 0 Å². The van der Waals surface area contributed by atoms with Crippen LogP contribution in [0.25, 0.3) is 0 Å². The number of halogens is 2. The lowest BCUT2D eigenvalue weighted by Gasteiger charge is -2.23. The van der Waals surface area contributed by atoms with E-state index in [0.29, 0.717) is 15.8 Å². The Kier molecular flexibility index (Phi) is 4.88. The quantitative estimate of drug-likeness (QED) is 0.922. The van der Waals surface area contributed by atoms with Gasteiger partial charge in [-0.1, -0.05) is 29.3 Å². The molecule has 0 aliphatic heterocycles. The lowest BCUT2D eigenvalue weighted by Crippen LogP contribution is -2.46. The Labute approximate surface area is 117 Å². The number of carbonyl (C=O) groups is 1. The molecule has 0 spiro atoms. The van der Waals surface area contributed by atoms with E-state index in [4.69, 9.17) is 27.9 Å². The first kappa shape index (κ1) is 15.1. The first-order valence-electron chi connectivity index (χ1n) is 5.63. The molecule has 100 valence electrons. The summed E-state index contributed by atoms with van der Waals surface area (Å²) < 4.78 is 5.51. The molecule has 0 radical (unpaired) electrons. The van der Waals surface area contributed by atoms with E-state index in [1.54, 1.807) is 25.1 Å². The van der Waals surface area contributed by atoms with Crippen molar-refractivity contribution in [3.05, 3.63) is 28.2 Å². The fourth-order valence-electron chi connectivity index (χ4n) is 1.29. The maximum absolute atomic E-state index is 11.8. The zero-order chi connectivity index (χ0) is 13.9. The van der Waals surface area contributed by atoms with Crippen LogP contribution < -0.4 is 10.1 Å². The minimum Gasteiger partial charge on any atom is -0.479 e. The van der Waals surface area contributed by atoms with E-state index in [1.807, 2.05) is 20.8 Å². The molecule has 0 heterocycles. The number of hydrogen-bond acceptors (Lipinski definition) is 2. The summed E-state index contributed by atoms with van der Waals surface area (Å²) in [4.78, 5) is 11.8. The van der Waals surface area contributed by atoms with Crippen LogP contribution in [-0.4, -0.2) is 17.6 Å². The molecule has 0 aliphatic rings. The molecule has 1 N–H and O–H groups in total. The predicted octanol–water partition coefficient (Wildman–Crippen LogP) is 3.68. The van der Waals surface area contributed by atoms with Crippen molar-refractivity contribution >= 4 is 29.1 Å². The van der Waals surface area contributed by atoms with Crippen LogP contribution in [0.2, 0.25) is 10.0 Å². The van der Waals surface area contributed by atoms with Gasteiger partial charge in [0.2, 0.25) is 0 Å². The molecule has 1 atom stereocenters. The Morgan fingerprint density at radius 2 is 1.94 bits per heavy atom. The molecular formula is C13H17Cl2NO2. The number of carbonyl (C=O) groups excluding carboxylic acids is 1. The van der Waals surface area contributed by atoms with E-state index in [9.17, 15) is 4.79 Å². The third kappa shape index (κ3) is 4.39. The van der Waals surface area contributed by atoms with Crippen LogP contribution in [0.15, 0.2) is 18.2 Å². The van der Waals surface area contributed by atoms with E-state index in [0.717, 1.165) is 0 Å². The van der Waals surface area contributed by atoms with Crippen molar-refractivity contribution in [1.29, 1.82) is 0 Å². The van der Waals surface area contributed by atoms with Gasteiger partial charge in [0.05, 0.1) is 5.02 Å². The van der Waals surface area contributed by atoms with Crippen LogP contribution in [0, 0.1) is 0 Å². The van der Waals surface area contributed by atoms with Gasteiger partial charge in [0.25, 0.3) is 5.91 Å². The van der Waals surface area contributed by atoms with E-state index in [-0.39, 0.29) is 11.4 Å². The Morgan fingerprint density at radius 1 is 1.33 bits per heavy atom. The fourth-order valence-corrected chi connectivity index (χ4v) is 1.63. The third-order valence-corrected chi connectivity index (χ3v) is 2.89. The lowest BCUT2D eigenvalue weighted by molar-refractivity contribution is -0.128. The molecule has 1 amide bonds. The van der Waals surface area contributed by atoms with E-state index in [2.05, 4.69) is 5.32 Å². The summed E-state index contributed by atoms with van der Waals surface area (Å²) in [5, 5.41) is 3.55. The van der Waals surface area contributed by atoms with Crippen LogP contribution >= 0.6 is 23.2 Å². The third-order valence-electron chi connectivity index (χ3n) is 2.09. The Morgan fingerprint density at radius 3 is 2.50 bits per heavy atom. The van der Waals surface area contributed by atoms with Crippen molar-refractivity contribution < 1.29 is 9.53 Å². The molecule has 1 unspecified atom stereocenters. The molecule has 0 aliphatic carbocycles. The maximum atomic E-state index is 11.8. The van der Waals surface area contributed by atoms with Crippen molar-refractivity contribution in [2.45, 2.75) is 39.3 Å². The van der Waals surface area contributed by atoms with Gasteiger partial charge in [0, 0.05) is 5.54 Å². The summed E-state index contributed by atoms with van der Waals surface area (Å²) in [7, 11) is 0. The average molecular weight is 290 g/mol. The van der Waals surface area contributed by atoms with Gasteiger partial charge < -0.3 is 10.1 Å². The number of amides is 1. The molecule has 1 rings (SSSR count). The smallest absolute Gasteiger partial charge is 0.261 e. The van der Waals surface area contributed by atoms with Crippen LogP contribution in [0.1, 0.15) is 27.7 Å². The number of ether oxygens (including phenoxy) is 1. The highest BCUT2D eigenvalue weighted by Gasteiger charge is 2.21. The molecule has 1 aromatic rings. The van der Waals surface area contributed by atoms with E-state index < -0.39 is 6.10 Å². The zero-order valence-electron chi connectivity index (χ0n) is 10.9. The Bertz CT molecular complexity index is 441. The van der Waals surface area contributed by atoms with E-state index in [1.165, 1.54) is 0 Å². The number of nitrogens with one attached hydrogen (secondary N) is 1. The zero-order valence-corrected chi connectivity index (χ0v) is 12.4. The molecule has 0 bridgehead atoms. The highest BCUT2D eigenvalue weighted by Crippen LogP contribution is 2.32. The van der Waals surface area contributed by atoms with Gasteiger partial charge in [-0.2, -0.15) is 0 Å². The highest BCUT2D eigenvalue weighted by molar-refractivity contribution is 6.42. The Hall–Kier alpha value is -0.930. The number of benzene rings is 1. The topological polar surface area (TPSA) is 38.3 Å². The molecule has 18 heavy (non-hydrogen) atoms. The SMILES string of the molecule is CC(Oc1cccc(Cl)c1Cl)C(=O)NC(C)(C)C. The summed E-state index contributed by atoms with van der Waals surface area (Å²) in [5.41, 5.74) is -0.299. The maximum Gasteiger partial charge on any atom is 0.261 e. The molecular weight excluding hydrogens is 273 g/mol. The Balaban J connectivity index is 2.73. The summed E-state index contributed by atoms with van der Waals surface area (Å²) in [6.07, 6.45) is -0.639. The summed E-state index contributed by atoms with van der Waals surface area (Å²) in [6.45, 7) is 7.39. The molecule has 0 fully saturated rings. The average Bonchev–Trinajstić information content (AvgIpc) is 2.22. The largest absolute Gasteiger partial charge is 0.479 e. The van der Waals surface area contributed by atoms with Gasteiger partial charge in [-0.25, -0.2) is 0 Å². The lowest BCUT2D eigenvalue weighted by atomic mass is 10.1. The van der Waals surface area contributed by atoms with Crippen molar-refractivity contribution in [3.8, 4) is 5.75 Å². The summed E-state index contributed by atoms with van der Waals surface area (Å²) in [6, 6.07) is 5.06. The summed E-state index contributed by atoms with van der Waals surface area (Å²) in [5.74, 6) is 0.208. The van der Waals surface area contributed by atoms with Crippen molar-refractivity contribution in [2.24, 2.45) is 0 Å². The fraction of sp³-hybridized carbons (Fsp3) is 0.462. The number of hydrogen-bond donors (Lipinski definition) is 1. The monoisotopic (exact) mass is 289 g/mol. The minimum absolute atomic E-state index is 0.196. The molecule has 0 saturated carbocycles. The van der Waals surface area contributed by atoms with Gasteiger partial charge in [-0.15, -0.1) is 0 Å². The highest BCUT2D eigenvalue weighted by atomic mass is 35.5.